The van der Waals surface area contributed by atoms with E-state index in [4.69, 9.17) is 0 Å². The molecular formula is C8H17N2O4P. The third-order valence-corrected chi connectivity index (χ3v) is 5.47. The molecule has 6 nitrogen and oxygen atoms in total. The summed E-state index contributed by atoms with van der Waals surface area (Å²) in [5.41, 5.74) is 0. The number of imide groups is 1. The predicted octanol–water partition coefficient (Wildman–Crippen LogP) is 1.71. The summed E-state index contributed by atoms with van der Waals surface area (Å²) >= 11 is 0. The molecule has 0 aliphatic rings. The van der Waals surface area contributed by atoms with Gasteiger partial charge in [0.1, 0.15) is 0 Å². The molecule has 0 rings (SSSR count). The van der Waals surface area contributed by atoms with Crippen molar-refractivity contribution in [2.24, 2.45) is 0 Å². The van der Waals surface area contributed by atoms with Gasteiger partial charge in [-0.2, -0.15) is 0 Å². The third kappa shape index (κ3) is 3.55. The topological polar surface area (TPSA) is 75.7 Å². The van der Waals surface area contributed by atoms with E-state index in [0.29, 0.717) is 12.3 Å². The molecule has 15 heavy (non-hydrogen) atoms. The number of ether oxygens (including phenoxy) is 1. The van der Waals surface area contributed by atoms with Crippen LogP contribution in [0.5, 0.6) is 0 Å². The van der Waals surface area contributed by atoms with Crippen LogP contribution in [-0.4, -0.2) is 43.3 Å². The highest BCUT2D eigenvalue weighted by molar-refractivity contribution is 7.62. The summed E-state index contributed by atoms with van der Waals surface area (Å²) in [5, 5.41) is 1.96. The molecule has 88 valence electrons. The Labute approximate surface area is 89.4 Å². The van der Waals surface area contributed by atoms with E-state index in [0.717, 1.165) is 11.8 Å². The maximum absolute atomic E-state index is 12.1. The lowest BCUT2D eigenvalue weighted by molar-refractivity contribution is 0.168. The molecule has 0 aromatic carbocycles. The summed E-state index contributed by atoms with van der Waals surface area (Å²) in [7, 11) is -0.118. The van der Waals surface area contributed by atoms with Gasteiger partial charge in [-0.05, 0) is 0 Å². The molecule has 3 amide bonds. The number of carbonyl (C=O) groups excluding carboxylic acids is 2. The van der Waals surface area contributed by atoms with Crippen LogP contribution < -0.4 is 5.32 Å². The Balaban J connectivity index is 4.57. The van der Waals surface area contributed by atoms with E-state index < -0.39 is 19.4 Å². The van der Waals surface area contributed by atoms with Crippen molar-refractivity contribution in [1.82, 2.24) is 9.99 Å². The highest BCUT2D eigenvalue weighted by Crippen LogP contribution is 2.47. The van der Waals surface area contributed by atoms with Crippen molar-refractivity contribution in [1.29, 1.82) is 0 Å². The summed E-state index contributed by atoms with van der Waals surface area (Å²) < 4.78 is 17.4. The van der Waals surface area contributed by atoms with Crippen molar-refractivity contribution in [2.45, 2.75) is 13.8 Å². The quantitative estimate of drug-likeness (QED) is 0.757. The van der Waals surface area contributed by atoms with E-state index in [1.807, 2.05) is 5.32 Å². The van der Waals surface area contributed by atoms with Gasteiger partial charge in [-0.1, -0.05) is 13.8 Å². The summed E-state index contributed by atoms with van der Waals surface area (Å²) in [6.45, 7) is 3.48. The highest BCUT2D eigenvalue weighted by Gasteiger charge is 2.28. The Hall–Kier alpha value is -1.03. The average Bonchev–Trinajstić information content (AvgIpc) is 2.26. The number of urea groups is 1. The fourth-order valence-corrected chi connectivity index (χ4v) is 2.71. The first kappa shape index (κ1) is 14.0. The molecule has 0 radical (unpaired) electrons. The van der Waals surface area contributed by atoms with Crippen LogP contribution in [0, 0.1) is 0 Å². The minimum absolute atomic E-state index is 0.384. The van der Waals surface area contributed by atoms with E-state index in [1.54, 1.807) is 13.8 Å². The normalized spacial score (nSPS) is 10.7. The van der Waals surface area contributed by atoms with Gasteiger partial charge in [-0.15, -0.1) is 0 Å². The zero-order valence-corrected chi connectivity index (χ0v) is 10.3. The van der Waals surface area contributed by atoms with E-state index in [1.165, 1.54) is 7.05 Å². The highest BCUT2D eigenvalue weighted by atomic mass is 31.2. The molecule has 0 saturated heterocycles. The first-order valence-electron chi connectivity index (χ1n) is 4.62. The van der Waals surface area contributed by atoms with E-state index in [2.05, 4.69) is 4.74 Å². The lowest BCUT2D eigenvalue weighted by Crippen LogP contribution is -2.39. The van der Waals surface area contributed by atoms with Crippen molar-refractivity contribution in [2.75, 3.05) is 26.5 Å². The number of nitrogens with zero attached hydrogens (tertiary/aromatic N) is 1. The summed E-state index contributed by atoms with van der Waals surface area (Å²) in [5.74, 6) is 0. The first-order chi connectivity index (χ1) is 6.91. The van der Waals surface area contributed by atoms with Crippen molar-refractivity contribution >= 4 is 19.4 Å². The molecule has 0 bridgehead atoms. The molecule has 0 spiro atoms. The number of hydrogen-bond donors (Lipinski definition) is 1. The maximum atomic E-state index is 12.1. The van der Waals surface area contributed by atoms with Crippen LogP contribution >= 0.6 is 7.29 Å². The van der Waals surface area contributed by atoms with Crippen LogP contribution in [0.3, 0.4) is 0 Å². The second-order valence-corrected chi connectivity index (χ2v) is 6.48. The van der Waals surface area contributed by atoms with Crippen LogP contribution in [0.25, 0.3) is 0 Å². The van der Waals surface area contributed by atoms with Gasteiger partial charge < -0.3 is 9.30 Å². The Kier molecular flexibility index (Phi) is 5.36. The number of rotatable bonds is 3. The molecule has 0 aromatic rings. The Morgan fingerprint density at radius 1 is 1.33 bits per heavy atom. The molecule has 1 N–H and O–H groups in total. The monoisotopic (exact) mass is 236 g/mol. The van der Waals surface area contributed by atoms with Gasteiger partial charge in [0, 0.05) is 19.4 Å². The summed E-state index contributed by atoms with van der Waals surface area (Å²) in [4.78, 5) is 22.2. The average molecular weight is 236 g/mol. The molecule has 0 aliphatic carbocycles. The molecule has 0 saturated carbocycles. The van der Waals surface area contributed by atoms with Crippen LogP contribution in [0.15, 0.2) is 0 Å². The third-order valence-electron chi connectivity index (χ3n) is 2.22. The number of alkyl carbamates (subject to hydrolysis) is 1. The SMILES string of the molecule is CCP(=O)(CC)N(C)C(=O)NC(=O)OC. The molecule has 0 aromatic heterocycles. The van der Waals surface area contributed by atoms with Crippen molar-refractivity contribution in [3.8, 4) is 0 Å². The second kappa shape index (κ2) is 5.75. The van der Waals surface area contributed by atoms with Gasteiger partial charge in [0.2, 0.25) is 0 Å². The smallest absolute Gasteiger partial charge is 0.415 e. The lowest BCUT2D eigenvalue weighted by Gasteiger charge is -2.26. The number of carbonyl (C=O) groups is 2. The molecule has 0 heterocycles. The predicted molar refractivity (Wildman–Crippen MR) is 57.4 cm³/mol. The van der Waals surface area contributed by atoms with Crippen molar-refractivity contribution < 1.29 is 18.9 Å². The number of amides is 3. The van der Waals surface area contributed by atoms with E-state index >= 15 is 0 Å². The fourth-order valence-electron chi connectivity index (χ4n) is 1.03. The largest absolute Gasteiger partial charge is 0.453 e. The summed E-state index contributed by atoms with van der Waals surface area (Å²) in [6, 6.07) is -0.700. The van der Waals surface area contributed by atoms with Crippen molar-refractivity contribution in [3.05, 3.63) is 0 Å². The van der Waals surface area contributed by atoms with Gasteiger partial charge in [-0.3, -0.25) is 4.67 Å². The first-order valence-corrected chi connectivity index (χ1v) is 6.65. The molecule has 0 atom stereocenters. The zero-order chi connectivity index (χ0) is 12.1. The van der Waals surface area contributed by atoms with Crippen LogP contribution in [-0.2, 0) is 9.30 Å². The van der Waals surface area contributed by atoms with Crippen molar-refractivity contribution in [3.63, 3.8) is 0 Å². The Morgan fingerprint density at radius 2 is 1.80 bits per heavy atom. The lowest BCUT2D eigenvalue weighted by atomic mass is 10.9. The van der Waals surface area contributed by atoms with Crippen LogP contribution in [0.4, 0.5) is 9.59 Å². The summed E-state index contributed by atoms with van der Waals surface area (Å²) in [6.07, 6.45) is -0.0889. The number of methoxy groups -OCH3 is 1. The molecule has 0 fully saturated rings. The zero-order valence-electron chi connectivity index (χ0n) is 9.44. The second-order valence-electron chi connectivity index (χ2n) is 2.92. The van der Waals surface area contributed by atoms with Gasteiger partial charge in [0.05, 0.1) is 7.11 Å². The van der Waals surface area contributed by atoms with Gasteiger partial charge in [0.15, 0.2) is 7.29 Å². The minimum atomic E-state index is -2.68. The molecule has 7 heteroatoms. The molecule has 0 unspecified atom stereocenters. The maximum Gasteiger partial charge on any atom is 0.415 e. The molecular weight excluding hydrogens is 219 g/mol. The van der Waals surface area contributed by atoms with E-state index in [9.17, 15) is 14.2 Å². The van der Waals surface area contributed by atoms with Crippen LogP contribution in [0.1, 0.15) is 13.8 Å². The standard InChI is InChI=1S/C8H17N2O4P/c1-5-15(13,6-2)10(3)7(11)9-8(12)14-4/h5-6H2,1-4H3,(H,9,11,12). The van der Waals surface area contributed by atoms with E-state index in [-0.39, 0.29) is 0 Å². The number of nitrogens with one attached hydrogen (secondary N) is 1. The number of hydrogen-bond acceptors (Lipinski definition) is 4. The minimum Gasteiger partial charge on any atom is -0.453 e. The Morgan fingerprint density at radius 3 is 2.13 bits per heavy atom. The van der Waals surface area contributed by atoms with Crippen LogP contribution in [0.2, 0.25) is 0 Å². The fraction of sp³-hybridized carbons (Fsp3) is 0.750. The van der Waals surface area contributed by atoms with Gasteiger partial charge >= 0.3 is 12.1 Å². The van der Waals surface area contributed by atoms with Gasteiger partial charge in [0.25, 0.3) is 0 Å². The van der Waals surface area contributed by atoms with Gasteiger partial charge in [-0.25, -0.2) is 14.9 Å². The Bertz CT molecular complexity index is 284. The molecule has 0 aliphatic heterocycles.